The van der Waals surface area contributed by atoms with Gasteiger partial charge in [-0.1, -0.05) is 6.92 Å². The van der Waals surface area contributed by atoms with E-state index in [1.54, 1.807) is 11.8 Å². The minimum absolute atomic E-state index is 0.0828. The number of nitrogens with zero attached hydrogens (tertiary/aromatic N) is 1. The first kappa shape index (κ1) is 16.2. The number of carbonyl (C=O) groups excluding carboxylic acids is 1. The van der Waals surface area contributed by atoms with Crippen LogP contribution in [0.2, 0.25) is 0 Å². The van der Waals surface area contributed by atoms with E-state index in [1.807, 2.05) is 0 Å². The molecule has 0 aliphatic carbocycles. The summed E-state index contributed by atoms with van der Waals surface area (Å²) in [6, 6.07) is 0. The molecule has 0 saturated heterocycles. The van der Waals surface area contributed by atoms with Crippen molar-refractivity contribution in [2.24, 2.45) is 11.7 Å². The maximum Gasteiger partial charge on any atom is 0.394 e. The van der Waals surface area contributed by atoms with E-state index in [0.29, 0.717) is 6.54 Å². The molecule has 2 N–H and O–H groups in total. The molecular weight excluding hydrogens is 237 g/mol. The molecule has 1 atom stereocenters. The lowest BCUT2D eigenvalue weighted by Crippen LogP contribution is -2.41. The molecule has 0 rings (SSSR count). The molecule has 0 radical (unpaired) electrons. The van der Waals surface area contributed by atoms with Crippen LogP contribution in [0.3, 0.4) is 0 Å². The van der Waals surface area contributed by atoms with Gasteiger partial charge >= 0.3 is 12.1 Å². The fourth-order valence-electron chi connectivity index (χ4n) is 1.35. The largest absolute Gasteiger partial charge is 0.469 e. The van der Waals surface area contributed by atoms with Crippen molar-refractivity contribution in [3.8, 4) is 0 Å². The van der Waals surface area contributed by atoms with E-state index < -0.39 is 24.6 Å². The Balaban J connectivity index is 4.23. The Bertz CT molecular complexity index is 234. The molecule has 0 aliphatic rings. The lowest BCUT2D eigenvalue weighted by atomic mass is 10.1. The average Bonchev–Trinajstić information content (AvgIpc) is 2.27. The van der Waals surface area contributed by atoms with Gasteiger partial charge in [-0.05, 0) is 6.54 Å². The summed E-state index contributed by atoms with van der Waals surface area (Å²) in [5, 5.41) is 0. The van der Waals surface area contributed by atoms with Crippen LogP contribution in [0.15, 0.2) is 0 Å². The maximum atomic E-state index is 12.5. The second-order valence-electron chi connectivity index (χ2n) is 3.69. The highest BCUT2D eigenvalue weighted by Crippen LogP contribution is 2.26. The minimum atomic E-state index is -4.30. The lowest BCUT2D eigenvalue weighted by molar-refractivity contribution is -0.176. The smallest absolute Gasteiger partial charge is 0.394 e. The second-order valence-corrected chi connectivity index (χ2v) is 3.69. The van der Waals surface area contributed by atoms with Crippen LogP contribution in [0.5, 0.6) is 0 Å². The number of methoxy groups -OCH3 is 1. The molecular formula is C10H19F3N2O2. The number of alkyl halides is 3. The highest BCUT2D eigenvalue weighted by molar-refractivity contribution is 5.69. The maximum absolute atomic E-state index is 12.5. The van der Waals surface area contributed by atoms with Gasteiger partial charge in [-0.15, -0.1) is 0 Å². The van der Waals surface area contributed by atoms with Crippen molar-refractivity contribution < 1.29 is 22.7 Å². The summed E-state index contributed by atoms with van der Waals surface area (Å²) in [7, 11) is 1.25. The quantitative estimate of drug-likeness (QED) is 0.691. The third-order valence-electron chi connectivity index (χ3n) is 2.53. The van der Waals surface area contributed by atoms with Gasteiger partial charge in [0.15, 0.2) is 0 Å². The van der Waals surface area contributed by atoms with Gasteiger partial charge < -0.3 is 15.4 Å². The molecule has 0 amide bonds. The summed E-state index contributed by atoms with van der Waals surface area (Å²) in [6.45, 7) is 1.78. The van der Waals surface area contributed by atoms with Crippen LogP contribution in [-0.2, 0) is 9.53 Å². The summed E-state index contributed by atoms with van der Waals surface area (Å²) < 4.78 is 41.9. The van der Waals surface area contributed by atoms with Crippen molar-refractivity contribution >= 4 is 5.97 Å². The van der Waals surface area contributed by atoms with Gasteiger partial charge in [0.2, 0.25) is 0 Å². The van der Waals surface area contributed by atoms with Crippen LogP contribution in [0, 0.1) is 5.92 Å². The van der Waals surface area contributed by atoms with Crippen LogP contribution in [0.25, 0.3) is 0 Å². The van der Waals surface area contributed by atoms with E-state index >= 15 is 0 Å². The van der Waals surface area contributed by atoms with E-state index in [1.165, 1.54) is 7.11 Å². The molecule has 7 heteroatoms. The van der Waals surface area contributed by atoms with E-state index in [9.17, 15) is 18.0 Å². The van der Waals surface area contributed by atoms with E-state index in [-0.39, 0.29) is 19.5 Å². The van der Waals surface area contributed by atoms with E-state index in [4.69, 9.17) is 5.73 Å². The SMILES string of the molecule is CCN(CCC(=O)OC)CC(CN)C(F)(F)F. The lowest BCUT2D eigenvalue weighted by Gasteiger charge is -2.26. The van der Waals surface area contributed by atoms with Gasteiger partial charge in [0, 0.05) is 19.6 Å². The minimum Gasteiger partial charge on any atom is -0.469 e. The summed E-state index contributed by atoms with van der Waals surface area (Å²) in [4.78, 5) is 12.4. The molecule has 102 valence electrons. The van der Waals surface area contributed by atoms with Gasteiger partial charge in [0.1, 0.15) is 0 Å². The molecule has 0 aliphatic heterocycles. The Kier molecular flexibility index (Phi) is 7.13. The molecule has 0 aromatic heterocycles. The first-order valence-electron chi connectivity index (χ1n) is 5.41. The van der Waals surface area contributed by atoms with E-state index in [2.05, 4.69) is 4.74 Å². The van der Waals surface area contributed by atoms with Crippen molar-refractivity contribution in [2.75, 3.05) is 33.3 Å². The predicted octanol–water partition coefficient (Wildman–Crippen LogP) is 1.01. The molecule has 4 nitrogen and oxygen atoms in total. The summed E-state index contributed by atoms with van der Waals surface area (Å²) in [5.41, 5.74) is 5.11. The molecule has 0 fully saturated rings. The first-order chi connectivity index (χ1) is 7.85. The number of halogens is 3. The van der Waals surface area contributed by atoms with Crippen LogP contribution in [0.1, 0.15) is 13.3 Å². The highest BCUT2D eigenvalue weighted by Gasteiger charge is 2.39. The van der Waals surface area contributed by atoms with Crippen molar-refractivity contribution in [1.29, 1.82) is 0 Å². The average molecular weight is 256 g/mol. The molecule has 17 heavy (non-hydrogen) atoms. The summed E-state index contributed by atoms with van der Waals surface area (Å²) >= 11 is 0. The van der Waals surface area contributed by atoms with Crippen LogP contribution >= 0.6 is 0 Å². The van der Waals surface area contributed by atoms with Crippen molar-refractivity contribution in [3.05, 3.63) is 0 Å². The fraction of sp³-hybridized carbons (Fsp3) is 0.900. The number of rotatable bonds is 7. The van der Waals surface area contributed by atoms with Gasteiger partial charge in [-0.3, -0.25) is 4.79 Å². The number of ether oxygens (including phenoxy) is 1. The Hall–Kier alpha value is -0.820. The normalized spacial score (nSPS) is 13.8. The number of esters is 1. The molecule has 0 heterocycles. The topological polar surface area (TPSA) is 55.6 Å². The monoisotopic (exact) mass is 256 g/mol. The molecule has 1 unspecified atom stereocenters. The van der Waals surface area contributed by atoms with Crippen molar-refractivity contribution in [3.63, 3.8) is 0 Å². The Labute approximate surface area is 98.9 Å². The molecule has 0 saturated carbocycles. The highest BCUT2D eigenvalue weighted by atomic mass is 19.4. The Morgan fingerprint density at radius 2 is 2.06 bits per heavy atom. The van der Waals surface area contributed by atoms with Gasteiger partial charge in [0.25, 0.3) is 0 Å². The molecule has 0 aromatic carbocycles. The summed E-state index contributed by atoms with van der Waals surface area (Å²) in [6.07, 6.45) is -4.22. The zero-order chi connectivity index (χ0) is 13.5. The standard InChI is InChI=1S/C10H19F3N2O2/c1-3-15(5-4-9(16)17-2)7-8(6-14)10(11,12)13/h8H,3-7,14H2,1-2H3. The predicted molar refractivity (Wildman–Crippen MR) is 57.3 cm³/mol. The van der Waals surface area contributed by atoms with Crippen LogP contribution in [0.4, 0.5) is 13.2 Å². The number of hydrogen-bond acceptors (Lipinski definition) is 4. The second kappa shape index (κ2) is 7.50. The molecule has 0 aromatic rings. The van der Waals surface area contributed by atoms with Gasteiger partial charge in [-0.25, -0.2) is 0 Å². The third kappa shape index (κ3) is 6.48. The molecule has 0 spiro atoms. The van der Waals surface area contributed by atoms with Crippen LogP contribution in [-0.4, -0.2) is 50.3 Å². The third-order valence-corrected chi connectivity index (χ3v) is 2.53. The van der Waals surface area contributed by atoms with Crippen molar-refractivity contribution in [1.82, 2.24) is 4.90 Å². The van der Waals surface area contributed by atoms with Crippen molar-refractivity contribution in [2.45, 2.75) is 19.5 Å². The summed E-state index contributed by atoms with van der Waals surface area (Å²) in [5.74, 6) is -1.99. The number of carbonyl (C=O) groups is 1. The first-order valence-corrected chi connectivity index (χ1v) is 5.41. The molecule has 0 bridgehead atoms. The zero-order valence-electron chi connectivity index (χ0n) is 10.1. The van der Waals surface area contributed by atoms with Gasteiger partial charge in [0.05, 0.1) is 19.4 Å². The van der Waals surface area contributed by atoms with E-state index in [0.717, 1.165) is 0 Å². The Morgan fingerprint density at radius 3 is 2.41 bits per heavy atom. The van der Waals surface area contributed by atoms with Gasteiger partial charge in [-0.2, -0.15) is 13.2 Å². The fourth-order valence-corrected chi connectivity index (χ4v) is 1.35. The Morgan fingerprint density at radius 1 is 1.47 bits per heavy atom. The zero-order valence-corrected chi connectivity index (χ0v) is 10.1. The number of hydrogen-bond donors (Lipinski definition) is 1. The number of nitrogens with two attached hydrogens (primary N) is 1. The van der Waals surface area contributed by atoms with Crippen LogP contribution < -0.4 is 5.73 Å².